The lowest BCUT2D eigenvalue weighted by Crippen LogP contribution is -2.29. The summed E-state index contributed by atoms with van der Waals surface area (Å²) < 4.78 is 26.0. The highest BCUT2D eigenvalue weighted by Crippen LogP contribution is 2.06. The van der Waals surface area contributed by atoms with Crippen LogP contribution < -0.4 is 10.0 Å². The summed E-state index contributed by atoms with van der Waals surface area (Å²) >= 11 is 0. The van der Waals surface area contributed by atoms with Gasteiger partial charge in [-0.1, -0.05) is 11.6 Å². The van der Waals surface area contributed by atoms with Crippen molar-refractivity contribution in [2.75, 3.05) is 19.6 Å². The van der Waals surface area contributed by atoms with Crippen molar-refractivity contribution in [3.8, 4) is 0 Å². The first-order valence-corrected chi connectivity index (χ1v) is 6.53. The first-order chi connectivity index (χ1) is 7.68. The van der Waals surface area contributed by atoms with Crippen LogP contribution in [-0.2, 0) is 10.0 Å². The fourth-order valence-corrected chi connectivity index (χ4v) is 2.42. The second-order valence-electron chi connectivity index (χ2n) is 3.56. The number of sulfonamides is 1. The van der Waals surface area contributed by atoms with Crippen molar-refractivity contribution in [3.05, 3.63) is 24.2 Å². The number of nitrogens with one attached hydrogen (secondary N) is 3. The lowest BCUT2D eigenvalue weighted by atomic mass is 10.1. The zero-order chi connectivity index (χ0) is 11.4. The molecule has 0 saturated heterocycles. The van der Waals surface area contributed by atoms with Crippen LogP contribution in [0, 0.1) is 0 Å². The maximum atomic E-state index is 11.7. The molecule has 0 unspecified atom stereocenters. The third kappa shape index (κ3) is 2.69. The summed E-state index contributed by atoms with van der Waals surface area (Å²) in [6.07, 6.45) is 5.53. The van der Waals surface area contributed by atoms with Gasteiger partial charge < -0.3 is 10.3 Å². The Labute approximate surface area is 94.2 Å². The fourth-order valence-electron chi connectivity index (χ4n) is 1.49. The third-order valence-electron chi connectivity index (χ3n) is 2.41. The van der Waals surface area contributed by atoms with E-state index in [0.29, 0.717) is 6.54 Å². The van der Waals surface area contributed by atoms with Gasteiger partial charge in [0.05, 0.1) is 12.5 Å². The smallest absolute Gasteiger partial charge is 0.257 e. The number of imidazole rings is 1. The first-order valence-electron chi connectivity index (χ1n) is 5.05. The number of hydrogen-bond donors (Lipinski definition) is 3. The van der Waals surface area contributed by atoms with Gasteiger partial charge in [0.1, 0.15) is 0 Å². The molecular weight excluding hydrogens is 228 g/mol. The largest absolute Gasteiger partial charge is 0.335 e. The Bertz CT molecular complexity index is 464. The van der Waals surface area contributed by atoms with Crippen LogP contribution >= 0.6 is 0 Å². The van der Waals surface area contributed by atoms with Crippen molar-refractivity contribution in [2.24, 2.45) is 0 Å². The number of hydrogen-bond acceptors (Lipinski definition) is 4. The van der Waals surface area contributed by atoms with Crippen molar-refractivity contribution >= 4 is 10.0 Å². The minimum absolute atomic E-state index is 0.0991. The standard InChI is InChI=1S/C9H14N4O2S/c14-16(15,9-6-11-7-12-9)13-5-8-1-3-10-4-2-8/h1,6-7,10,13H,2-5H2,(H,11,12). The molecule has 0 atom stereocenters. The summed E-state index contributed by atoms with van der Waals surface area (Å²) in [6, 6.07) is 0. The molecule has 0 aliphatic carbocycles. The van der Waals surface area contributed by atoms with Gasteiger partial charge in [0.15, 0.2) is 5.03 Å². The second kappa shape index (κ2) is 4.77. The molecule has 16 heavy (non-hydrogen) atoms. The molecule has 0 fully saturated rings. The third-order valence-corrected chi connectivity index (χ3v) is 3.74. The molecule has 3 N–H and O–H groups in total. The summed E-state index contributed by atoms with van der Waals surface area (Å²) in [5.41, 5.74) is 1.11. The van der Waals surface area contributed by atoms with E-state index in [0.717, 1.165) is 25.1 Å². The summed E-state index contributed by atoms with van der Waals surface area (Å²) in [7, 11) is -3.45. The lowest BCUT2D eigenvalue weighted by molar-refractivity contribution is 0.579. The van der Waals surface area contributed by atoms with E-state index >= 15 is 0 Å². The predicted octanol–water partition coefficient (Wildman–Crippen LogP) is -0.392. The van der Waals surface area contributed by atoms with Gasteiger partial charge in [0.2, 0.25) is 0 Å². The Kier molecular flexibility index (Phi) is 3.37. The Balaban J connectivity index is 1.97. The number of rotatable bonds is 4. The molecule has 0 amide bonds. The van der Waals surface area contributed by atoms with Crippen LogP contribution in [0.1, 0.15) is 6.42 Å². The number of aromatic amines is 1. The minimum atomic E-state index is -3.45. The molecule has 0 aromatic carbocycles. The van der Waals surface area contributed by atoms with Crippen LogP contribution in [0.5, 0.6) is 0 Å². The molecular formula is C9H14N4O2S. The van der Waals surface area contributed by atoms with E-state index in [4.69, 9.17) is 0 Å². The second-order valence-corrected chi connectivity index (χ2v) is 5.29. The first kappa shape index (κ1) is 11.3. The minimum Gasteiger partial charge on any atom is -0.335 e. The van der Waals surface area contributed by atoms with E-state index in [1.54, 1.807) is 0 Å². The Morgan fingerprint density at radius 1 is 1.50 bits per heavy atom. The number of nitrogens with zero attached hydrogens (tertiary/aromatic N) is 1. The molecule has 2 rings (SSSR count). The molecule has 6 nitrogen and oxygen atoms in total. The van der Waals surface area contributed by atoms with Crippen LogP contribution in [0.3, 0.4) is 0 Å². The van der Waals surface area contributed by atoms with Crippen LogP contribution in [0.25, 0.3) is 0 Å². The molecule has 1 aromatic rings. The van der Waals surface area contributed by atoms with Gasteiger partial charge in [-0.3, -0.25) is 0 Å². The van der Waals surface area contributed by atoms with E-state index < -0.39 is 10.0 Å². The summed E-state index contributed by atoms with van der Waals surface area (Å²) in [6.45, 7) is 2.07. The van der Waals surface area contributed by atoms with Crippen molar-refractivity contribution in [1.82, 2.24) is 20.0 Å². The van der Waals surface area contributed by atoms with Crippen LogP contribution in [-0.4, -0.2) is 38.0 Å². The fraction of sp³-hybridized carbons (Fsp3) is 0.444. The van der Waals surface area contributed by atoms with E-state index in [1.165, 1.54) is 12.5 Å². The average Bonchev–Trinajstić information content (AvgIpc) is 2.82. The molecule has 0 bridgehead atoms. The quantitative estimate of drug-likeness (QED) is 0.627. The monoisotopic (exact) mass is 242 g/mol. The molecule has 1 aliphatic rings. The number of H-pyrrole nitrogens is 1. The molecule has 1 aromatic heterocycles. The van der Waals surface area contributed by atoms with Gasteiger partial charge in [-0.15, -0.1) is 0 Å². The zero-order valence-corrected chi connectivity index (χ0v) is 9.55. The predicted molar refractivity (Wildman–Crippen MR) is 59.3 cm³/mol. The van der Waals surface area contributed by atoms with Crippen molar-refractivity contribution < 1.29 is 8.42 Å². The van der Waals surface area contributed by atoms with Gasteiger partial charge in [-0.05, 0) is 13.0 Å². The SMILES string of the molecule is O=S(=O)(NCC1=CCNCC1)c1cnc[nH]1. The summed E-state index contributed by atoms with van der Waals surface area (Å²) in [5.74, 6) is 0. The molecule has 0 saturated carbocycles. The topological polar surface area (TPSA) is 86.9 Å². The molecule has 7 heteroatoms. The Morgan fingerprint density at radius 3 is 3.00 bits per heavy atom. The van der Waals surface area contributed by atoms with Gasteiger partial charge >= 0.3 is 0 Å². The molecule has 88 valence electrons. The maximum absolute atomic E-state index is 11.7. The molecule has 0 radical (unpaired) electrons. The Morgan fingerprint density at radius 2 is 2.38 bits per heavy atom. The normalized spacial score (nSPS) is 17.1. The van der Waals surface area contributed by atoms with E-state index in [9.17, 15) is 8.42 Å². The van der Waals surface area contributed by atoms with Gasteiger partial charge in [-0.2, -0.15) is 0 Å². The van der Waals surface area contributed by atoms with Gasteiger partial charge in [0, 0.05) is 13.1 Å². The van der Waals surface area contributed by atoms with Crippen LogP contribution in [0.2, 0.25) is 0 Å². The van der Waals surface area contributed by atoms with Crippen LogP contribution in [0.15, 0.2) is 29.2 Å². The van der Waals surface area contributed by atoms with E-state index in [1.807, 2.05) is 6.08 Å². The Hall–Kier alpha value is -1.18. The van der Waals surface area contributed by atoms with Crippen molar-refractivity contribution in [1.29, 1.82) is 0 Å². The van der Waals surface area contributed by atoms with Gasteiger partial charge in [-0.25, -0.2) is 18.1 Å². The zero-order valence-electron chi connectivity index (χ0n) is 8.73. The summed E-state index contributed by atoms with van der Waals surface area (Å²) in [4.78, 5) is 6.26. The maximum Gasteiger partial charge on any atom is 0.257 e. The van der Waals surface area contributed by atoms with Crippen molar-refractivity contribution in [2.45, 2.75) is 11.4 Å². The van der Waals surface area contributed by atoms with E-state index in [-0.39, 0.29) is 5.03 Å². The lowest BCUT2D eigenvalue weighted by Gasteiger charge is -2.14. The highest BCUT2D eigenvalue weighted by molar-refractivity contribution is 7.89. The molecule has 2 heterocycles. The highest BCUT2D eigenvalue weighted by Gasteiger charge is 2.15. The molecule has 1 aliphatic heterocycles. The average molecular weight is 242 g/mol. The number of aromatic nitrogens is 2. The van der Waals surface area contributed by atoms with E-state index in [2.05, 4.69) is 20.0 Å². The highest BCUT2D eigenvalue weighted by atomic mass is 32.2. The van der Waals surface area contributed by atoms with Gasteiger partial charge in [0.25, 0.3) is 10.0 Å². The summed E-state index contributed by atoms with van der Waals surface area (Å²) in [5, 5.41) is 3.27. The van der Waals surface area contributed by atoms with Crippen LogP contribution in [0.4, 0.5) is 0 Å². The van der Waals surface area contributed by atoms with Crippen molar-refractivity contribution in [3.63, 3.8) is 0 Å². The molecule has 0 spiro atoms.